The van der Waals surface area contributed by atoms with E-state index in [0.29, 0.717) is 0 Å². The quantitative estimate of drug-likeness (QED) is 0.657. The lowest BCUT2D eigenvalue weighted by Gasteiger charge is -2.19. The summed E-state index contributed by atoms with van der Waals surface area (Å²) in [5.41, 5.74) is 0. The maximum Gasteiger partial charge on any atom is 0.117 e. The standard InChI is InChI=1S/C13H25N3O/c1-4-16(12-13-6-5-11-17-13)10-8-14-7-9-15(2)3/h5-6,11,14H,4,7-10,12H2,1-3H3. The molecule has 0 radical (unpaired) electrons. The zero-order valence-electron chi connectivity index (χ0n) is 11.3. The van der Waals surface area contributed by atoms with E-state index in [2.05, 4.69) is 36.1 Å². The lowest BCUT2D eigenvalue weighted by Crippen LogP contribution is -2.34. The molecule has 0 saturated heterocycles. The van der Waals surface area contributed by atoms with Crippen molar-refractivity contribution in [1.29, 1.82) is 0 Å². The smallest absolute Gasteiger partial charge is 0.117 e. The topological polar surface area (TPSA) is 31.6 Å². The molecule has 98 valence electrons. The second kappa shape index (κ2) is 8.28. The molecule has 1 heterocycles. The van der Waals surface area contributed by atoms with Gasteiger partial charge in [0.25, 0.3) is 0 Å². The predicted molar refractivity (Wildman–Crippen MR) is 71.1 cm³/mol. The van der Waals surface area contributed by atoms with Gasteiger partial charge in [0, 0.05) is 26.2 Å². The fourth-order valence-electron chi connectivity index (χ4n) is 1.64. The van der Waals surface area contributed by atoms with E-state index in [0.717, 1.165) is 45.0 Å². The van der Waals surface area contributed by atoms with Crippen molar-refractivity contribution in [2.24, 2.45) is 0 Å². The van der Waals surface area contributed by atoms with Crippen molar-refractivity contribution in [3.63, 3.8) is 0 Å². The lowest BCUT2D eigenvalue weighted by atomic mass is 10.4. The van der Waals surface area contributed by atoms with E-state index < -0.39 is 0 Å². The first-order valence-corrected chi connectivity index (χ1v) is 6.32. The van der Waals surface area contributed by atoms with Crippen LogP contribution in [0.25, 0.3) is 0 Å². The van der Waals surface area contributed by atoms with Gasteiger partial charge in [0.15, 0.2) is 0 Å². The van der Waals surface area contributed by atoms with E-state index in [4.69, 9.17) is 4.42 Å². The van der Waals surface area contributed by atoms with Gasteiger partial charge in [-0.3, -0.25) is 4.90 Å². The van der Waals surface area contributed by atoms with E-state index in [-0.39, 0.29) is 0 Å². The number of nitrogens with zero attached hydrogens (tertiary/aromatic N) is 2. The largest absolute Gasteiger partial charge is 0.468 e. The number of furan rings is 1. The second-order valence-corrected chi connectivity index (χ2v) is 4.50. The van der Waals surface area contributed by atoms with E-state index >= 15 is 0 Å². The van der Waals surface area contributed by atoms with Crippen LogP contribution in [0.4, 0.5) is 0 Å². The molecular formula is C13H25N3O. The molecule has 0 unspecified atom stereocenters. The van der Waals surface area contributed by atoms with Crippen molar-refractivity contribution >= 4 is 0 Å². The Balaban J connectivity index is 2.10. The Kier molecular flexibility index (Phi) is 6.93. The van der Waals surface area contributed by atoms with E-state index in [1.807, 2.05) is 12.1 Å². The monoisotopic (exact) mass is 239 g/mol. The van der Waals surface area contributed by atoms with Gasteiger partial charge in [-0.05, 0) is 32.8 Å². The van der Waals surface area contributed by atoms with Crippen LogP contribution < -0.4 is 5.32 Å². The molecule has 4 heteroatoms. The Bertz CT molecular complexity index is 272. The summed E-state index contributed by atoms with van der Waals surface area (Å²) in [6.45, 7) is 8.36. The second-order valence-electron chi connectivity index (χ2n) is 4.50. The third-order valence-electron chi connectivity index (χ3n) is 2.75. The summed E-state index contributed by atoms with van der Waals surface area (Å²) < 4.78 is 5.36. The molecule has 0 spiro atoms. The highest BCUT2D eigenvalue weighted by Gasteiger charge is 2.04. The molecule has 4 nitrogen and oxygen atoms in total. The molecule has 0 bridgehead atoms. The first-order chi connectivity index (χ1) is 8.22. The average molecular weight is 239 g/mol. The predicted octanol–water partition coefficient (Wildman–Crippen LogP) is 1.25. The van der Waals surface area contributed by atoms with Crippen LogP contribution in [-0.2, 0) is 6.54 Å². The van der Waals surface area contributed by atoms with Crippen LogP contribution in [0.15, 0.2) is 22.8 Å². The molecule has 0 aromatic carbocycles. The van der Waals surface area contributed by atoms with Gasteiger partial charge in [0.1, 0.15) is 5.76 Å². The molecular weight excluding hydrogens is 214 g/mol. The number of nitrogens with one attached hydrogen (secondary N) is 1. The summed E-state index contributed by atoms with van der Waals surface area (Å²) in [7, 11) is 4.19. The van der Waals surface area contributed by atoms with Crippen LogP contribution >= 0.6 is 0 Å². The summed E-state index contributed by atoms with van der Waals surface area (Å²) in [6.07, 6.45) is 1.73. The average Bonchev–Trinajstić information content (AvgIpc) is 2.79. The van der Waals surface area contributed by atoms with Gasteiger partial charge in [-0.25, -0.2) is 0 Å². The van der Waals surface area contributed by atoms with E-state index in [1.54, 1.807) is 6.26 Å². The van der Waals surface area contributed by atoms with Crippen LogP contribution in [0.5, 0.6) is 0 Å². The Morgan fingerprint density at radius 2 is 2.00 bits per heavy atom. The first-order valence-electron chi connectivity index (χ1n) is 6.32. The number of hydrogen-bond acceptors (Lipinski definition) is 4. The Morgan fingerprint density at radius 1 is 1.24 bits per heavy atom. The Labute approximate surface area is 105 Å². The number of likely N-dealkylation sites (N-methyl/N-ethyl adjacent to an activating group) is 2. The van der Waals surface area contributed by atoms with E-state index in [1.165, 1.54) is 0 Å². The van der Waals surface area contributed by atoms with Crippen LogP contribution in [0.1, 0.15) is 12.7 Å². The Hall–Kier alpha value is -0.840. The number of hydrogen-bond donors (Lipinski definition) is 1. The molecule has 17 heavy (non-hydrogen) atoms. The summed E-state index contributed by atoms with van der Waals surface area (Å²) in [5.74, 6) is 1.04. The summed E-state index contributed by atoms with van der Waals surface area (Å²) in [6, 6.07) is 3.97. The molecule has 0 atom stereocenters. The molecule has 0 aliphatic rings. The normalized spacial score (nSPS) is 11.6. The van der Waals surface area contributed by atoms with Crippen molar-refractivity contribution in [1.82, 2.24) is 15.1 Å². The zero-order chi connectivity index (χ0) is 12.5. The number of rotatable bonds is 9. The van der Waals surface area contributed by atoms with Gasteiger partial charge in [0.2, 0.25) is 0 Å². The minimum Gasteiger partial charge on any atom is -0.468 e. The van der Waals surface area contributed by atoms with Crippen LogP contribution in [0, 0.1) is 0 Å². The summed E-state index contributed by atoms with van der Waals surface area (Å²) >= 11 is 0. The molecule has 0 saturated carbocycles. The summed E-state index contributed by atoms with van der Waals surface area (Å²) in [5, 5.41) is 3.45. The van der Waals surface area contributed by atoms with Gasteiger partial charge in [-0.1, -0.05) is 6.92 Å². The van der Waals surface area contributed by atoms with Gasteiger partial charge in [0.05, 0.1) is 12.8 Å². The molecule has 0 aliphatic heterocycles. The fraction of sp³-hybridized carbons (Fsp3) is 0.692. The maximum absolute atomic E-state index is 5.36. The highest BCUT2D eigenvalue weighted by molar-refractivity contribution is 4.97. The van der Waals surface area contributed by atoms with E-state index in [9.17, 15) is 0 Å². The third kappa shape index (κ3) is 6.46. The molecule has 1 N–H and O–H groups in total. The van der Waals surface area contributed by atoms with Crippen LogP contribution in [-0.4, -0.2) is 56.6 Å². The molecule has 0 fully saturated rings. The van der Waals surface area contributed by atoms with Crippen LogP contribution in [0.2, 0.25) is 0 Å². The summed E-state index contributed by atoms with van der Waals surface area (Å²) in [4.78, 5) is 4.56. The minimum atomic E-state index is 0.902. The molecule has 0 amide bonds. The Morgan fingerprint density at radius 3 is 2.59 bits per heavy atom. The van der Waals surface area contributed by atoms with Gasteiger partial charge in [-0.15, -0.1) is 0 Å². The zero-order valence-corrected chi connectivity index (χ0v) is 11.3. The van der Waals surface area contributed by atoms with Gasteiger partial charge >= 0.3 is 0 Å². The molecule has 1 aromatic rings. The van der Waals surface area contributed by atoms with Crippen molar-refractivity contribution in [3.8, 4) is 0 Å². The maximum atomic E-state index is 5.36. The van der Waals surface area contributed by atoms with Crippen molar-refractivity contribution in [3.05, 3.63) is 24.2 Å². The van der Waals surface area contributed by atoms with Crippen molar-refractivity contribution in [2.75, 3.05) is 46.8 Å². The van der Waals surface area contributed by atoms with Crippen molar-refractivity contribution < 1.29 is 4.42 Å². The molecule has 1 aromatic heterocycles. The lowest BCUT2D eigenvalue weighted by molar-refractivity contribution is 0.254. The van der Waals surface area contributed by atoms with Gasteiger partial charge < -0.3 is 14.6 Å². The third-order valence-corrected chi connectivity index (χ3v) is 2.75. The fourth-order valence-corrected chi connectivity index (χ4v) is 1.64. The highest BCUT2D eigenvalue weighted by Crippen LogP contribution is 2.04. The van der Waals surface area contributed by atoms with Crippen molar-refractivity contribution in [2.45, 2.75) is 13.5 Å². The molecule has 1 rings (SSSR count). The van der Waals surface area contributed by atoms with Crippen LogP contribution in [0.3, 0.4) is 0 Å². The first kappa shape index (κ1) is 14.2. The highest BCUT2D eigenvalue weighted by atomic mass is 16.3. The van der Waals surface area contributed by atoms with Gasteiger partial charge in [-0.2, -0.15) is 0 Å². The SMILES string of the molecule is CCN(CCNCCN(C)C)Cc1ccco1. The molecule has 0 aliphatic carbocycles. The minimum absolute atomic E-state index is 0.902.